The monoisotopic (exact) mass is 463 g/mol. The van der Waals surface area contributed by atoms with Gasteiger partial charge in [-0.1, -0.05) is 18.5 Å². The normalized spacial score (nSPS) is 19.1. The highest BCUT2D eigenvalue weighted by Gasteiger charge is 2.27. The Morgan fingerprint density at radius 3 is 2.90 bits per heavy atom. The standard InChI is InChI=1S/C22H26ClN3O2S2/c1-15-2-5-18(6-3-15)26(22(27)25-21-24-8-11-29-21)9-10-28-13-16-14-30-20-7-4-17(23)12-19(16)20/h4,7-8,11-12,14-15,18H,2-3,5-6,9-10,13H2,1H3,(H,24,25,27). The molecule has 1 saturated carbocycles. The van der Waals surface area contributed by atoms with Crippen LogP contribution in [0.1, 0.15) is 38.2 Å². The minimum Gasteiger partial charge on any atom is -0.375 e. The van der Waals surface area contributed by atoms with E-state index < -0.39 is 0 Å². The summed E-state index contributed by atoms with van der Waals surface area (Å²) in [7, 11) is 0. The molecule has 8 heteroatoms. The number of hydrogen-bond acceptors (Lipinski definition) is 5. The molecule has 0 unspecified atom stereocenters. The van der Waals surface area contributed by atoms with Crippen LogP contribution in [0.15, 0.2) is 35.2 Å². The molecule has 1 aliphatic carbocycles. The Morgan fingerprint density at radius 1 is 1.30 bits per heavy atom. The van der Waals surface area contributed by atoms with E-state index in [1.807, 2.05) is 28.5 Å². The Hall–Kier alpha value is -1.67. The molecule has 0 radical (unpaired) electrons. The summed E-state index contributed by atoms with van der Waals surface area (Å²) < 4.78 is 7.19. The van der Waals surface area contributed by atoms with Gasteiger partial charge in [0.05, 0.1) is 13.2 Å². The lowest BCUT2D eigenvalue weighted by molar-refractivity contribution is 0.0818. The van der Waals surface area contributed by atoms with Gasteiger partial charge in [-0.25, -0.2) is 9.78 Å². The number of anilines is 1. The largest absolute Gasteiger partial charge is 0.375 e. The van der Waals surface area contributed by atoms with Crippen LogP contribution in [0.25, 0.3) is 10.1 Å². The first-order chi connectivity index (χ1) is 14.6. The maximum absolute atomic E-state index is 12.9. The number of ether oxygens (including phenoxy) is 1. The van der Waals surface area contributed by atoms with Crippen molar-refractivity contribution in [3.63, 3.8) is 0 Å². The van der Waals surface area contributed by atoms with Crippen molar-refractivity contribution in [2.24, 2.45) is 5.92 Å². The quantitative estimate of drug-likeness (QED) is 0.399. The van der Waals surface area contributed by atoms with E-state index in [1.165, 1.54) is 16.0 Å². The Kier molecular flexibility index (Phi) is 7.25. The van der Waals surface area contributed by atoms with Crippen molar-refractivity contribution in [2.45, 2.75) is 45.3 Å². The topological polar surface area (TPSA) is 54.5 Å². The van der Waals surface area contributed by atoms with E-state index in [0.29, 0.717) is 24.9 Å². The molecule has 30 heavy (non-hydrogen) atoms. The number of urea groups is 1. The first-order valence-corrected chi connectivity index (χ1v) is 12.4. The van der Waals surface area contributed by atoms with E-state index >= 15 is 0 Å². The summed E-state index contributed by atoms with van der Waals surface area (Å²) in [6.45, 7) is 3.87. The molecule has 0 saturated heterocycles. The maximum atomic E-state index is 12.9. The predicted octanol–water partition coefficient (Wildman–Crippen LogP) is 6.64. The second-order valence-corrected chi connectivity index (χ2v) is 10.1. The van der Waals surface area contributed by atoms with E-state index in [9.17, 15) is 4.79 Å². The number of rotatable bonds is 7. The molecule has 1 aromatic carbocycles. The van der Waals surface area contributed by atoms with E-state index in [2.05, 4.69) is 22.6 Å². The fraction of sp³-hybridized carbons (Fsp3) is 0.455. The van der Waals surface area contributed by atoms with Crippen LogP contribution < -0.4 is 5.32 Å². The summed E-state index contributed by atoms with van der Waals surface area (Å²) in [4.78, 5) is 19.1. The van der Waals surface area contributed by atoms with Crippen molar-refractivity contribution in [3.8, 4) is 0 Å². The predicted molar refractivity (Wildman–Crippen MR) is 126 cm³/mol. The van der Waals surface area contributed by atoms with E-state index in [4.69, 9.17) is 16.3 Å². The first kappa shape index (κ1) is 21.6. The molecule has 0 spiro atoms. The van der Waals surface area contributed by atoms with Gasteiger partial charge in [-0.05, 0) is 66.1 Å². The number of thiazole rings is 1. The summed E-state index contributed by atoms with van der Waals surface area (Å²) >= 11 is 9.28. The molecule has 160 valence electrons. The number of hydrogen-bond donors (Lipinski definition) is 1. The zero-order chi connectivity index (χ0) is 20.9. The molecule has 0 aliphatic heterocycles. The van der Waals surface area contributed by atoms with Crippen molar-refractivity contribution in [2.75, 3.05) is 18.5 Å². The number of thiophene rings is 1. The third-order valence-electron chi connectivity index (χ3n) is 5.68. The molecule has 1 aliphatic rings. The van der Waals surface area contributed by atoms with Gasteiger partial charge in [0.15, 0.2) is 5.13 Å². The number of halogens is 1. The molecule has 2 amide bonds. The molecule has 2 aromatic heterocycles. The van der Waals surface area contributed by atoms with Gasteiger partial charge in [-0.3, -0.25) is 5.32 Å². The molecule has 0 atom stereocenters. The molecule has 3 aromatic rings. The fourth-order valence-corrected chi connectivity index (χ4v) is 5.58. The highest BCUT2D eigenvalue weighted by molar-refractivity contribution is 7.17. The van der Waals surface area contributed by atoms with Crippen molar-refractivity contribution in [1.29, 1.82) is 0 Å². The van der Waals surface area contributed by atoms with Crippen LogP contribution in [0, 0.1) is 5.92 Å². The van der Waals surface area contributed by atoms with Crippen LogP contribution in [0.4, 0.5) is 9.93 Å². The zero-order valence-corrected chi connectivity index (χ0v) is 19.4. The summed E-state index contributed by atoms with van der Waals surface area (Å²) in [6, 6.07) is 6.12. The van der Waals surface area contributed by atoms with Gasteiger partial charge in [-0.2, -0.15) is 0 Å². The van der Waals surface area contributed by atoms with Gasteiger partial charge in [0.25, 0.3) is 0 Å². The minimum absolute atomic E-state index is 0.0825. The van der Waals surface area contributed by atoms with Gasteiger partial charge in [0.1, 0.15) is 0 Å². The molecule has 1 fully saturated rings. The lowest BCUT2D eigenvalue weighted by Gasteiger charge is -2.36. The lowest BCUT2D eigenvalue weighted by Crippen LogP contribution is -2.46. The summed E-state index contributed by atoms with van der Waals surface area (Å²) in [5.41, 5.74) is 1.14. The van der Waals surface area contributed by atoms with E-state index in [1.54, 1.807) is 17.5 Å². The third-order valence-corrected chi connectivity index (χ3v) is 7.62. The van der Waals surface area contributed by atoms with Crippen LogP contribution in [-0.2, 0) is 11.3 Å². The summed E-state index contributed by atoms with van der Waals surface area (Å²) in [5, 5.41) is 9.44. The number of carbonyl (C=O) groups is 1. The second-order valence-electron chi connectivity index (χ2n) is 7.83. The number of amides is 2. The third kappa shape index (κ3) is 5.32. The number of fused-ring (bicyclic) bond motifs is 1. The van der Waals surface area contributed by atoms with Crippen molar-refractivity contribution in [1.82, 2.24) is 9.88 Å². The summed E-state index contributed by atoms with van der Waals surface area (Å²) in [5.74, 6) is 0.736. The minimum atomic E-state index is -0.0825. The average molecular weight is 464 g/mol. The van der Waals surface area contributed by atoms with Gasteiger partial charge in [-0.15, -0.1) is 22.7 Å². The van der Waals surface area contributed by atoms with Crippen LogP contribution in [0.2, 0.25) is 5.02 Å². The number of benzene rings is 1. The molecular weight excluding hydrogens is 438 g/mol. The fourth-order valence-electron chi connectivity index (χ4n) is 3.96. The van der Waals surface area contributed by atoms with E-state index in [-0.39, 0.29) is 12.1 Å². The molecule has 1 N–H and O–H groups in total. The summed E-state index contributed by atoms with van der Waals surface area (Å²) in [6.07, 6.45) is 6.11. The van der Waals surface area contributed by atoms with Crippen molar-refractivity contribution in [3.05, 3.63) is 45.7 Å². The van der Waals surface area contributed by atoms with Crippen LogP contribution in [0.5, 0.6) is 0 Å². The Balaban J connectivity index is 1.36. The van der Waals surface area contributed by atoms with Gasteiger partial charge in [0.2, 0.25) is 0 Å². The van der Waals surface area contributed by atoms with Crippen molar-refractivity contribution < 1.29 is 9.53 Å². The Bertz CT molecular complexity index is 968. The van der Waals surface area contributed by atoms with Crippen LogP contribution in [-0.4, -0.2) is 35.1 Å². The van der Waals surface area contributed by atoms with Gasteiger partial charge in [0, 0.05) is 33.9 Å². The Labute approximate surface area is 190 Å². The van der Waals surface area contributed by atoms with Crippen LogP contribution >= 0.6 is 34.3 Å². The lowest BCUT2D eigenvalue weighted by atomic mass is 9.86. The molecule has 4 rings (SSSR count). The zero-order valence-electron chi connectivity index (χ0n) is 17.0. The molecule has 0 bridgehead atoms. The number of carbonyl (C=O) groups excluding carboxylic acids is 1. The highest BCUT2D eigenvalue weighted by atomic mass is 35.5. The van der Waals surface area contributed by atoms with Gasteiger partial charge < -0.3 is 9.64 Å². The highest BCUT2D eigenvalue weighted by Crippen LogP contribution is 2.30. The molecular formula is C22H26ClN3O2S2. The Morgan fingerprint density at radius 2 is 2.13 bits per heavy atom. The van der Waals surface area contributed by atoms with Gasteiger partial charge >= 0.3 is 6.03 Å². The average Bonchev–Trinajstić information content (AvgIpc) is 3.38. The smallest absolute Gasteiger partial charge is 0.323 e. The number of aromatic nitrogens is 1. The first-order valence-electron chi connectivity index (χ1n) is 10.3. The molecule has 5 nitrogen and oxygen atoms in total. The SMILES string of the molecule is CC1CCC(N(CCOCc2csc3ccc(Cl)cc23)C(=O)Nc2nccs2)CC1. The number of nitrogens with zero attached hydrogens (tertiary/aromatic N) is 2. The molecule has 2 heterocycles. The van der Waals surface area contributed by atoms with Crippen molar-refractivity contribution >= 4 is 55.5 Å². The second kappa shape index (κ2) is 10.1. The van der Waals surface area contributed by atoms with Crippen LogP contribution in [0.3, 0.4) is 0 Å². The maximum Gasteiger partial charge on any atom is 0.323 e. The number of nitrogens with one attached hydrogen (secondary N) is 1. The van der Waals surface area contributed by atoms with E-state index in [0.717, 1.165) is 47.6 Å².